The van der Waals surface area contributed by atoms with Crippen LogP contribution in [0.2, 0.25) is 10.0 Å². The van der Waals surface area contributed by atoms with Crippen LogP contribution in [0.5, 0.6) is 0 Å². The third kappa shape index (κ3) is 4.21. The highest BCUT2D eigenvalue weighted by Gasteiger charge is 2.28. The summed E-state index contributed by atoms with van der Waals surface area (Å²) in [4.78, 5) is 35.7. The molecule has 2 rings (SSSR count). The number of benzene rings is 1. The number of rotatable bonds is 6. The molecule has 7 heteroatoms. The van der Waals surface area contributed by atoms with E-state index in [1.54, 1.807) is 12.1 Å². The van der Waals surface area contributed by atoms with Crippen LogP contribution in [0.3, 0.4) is 0 Å². The molecule has 0 bridgehead atoms. The summed E-state index contributed by atoms with van der Waals surface area (Å²) < 4.78 is 0. The number of halogens is 2. The molecule has 1 N–H and O–H groups in total. The zero-order chi connectivity index (χ0) is 16.1. The average Bonchev–Trinajstić information content (AvgIpc) is 2.80. The third-order valence-corrected chi connectivity index (χ3v) is 4.32. The first-order valence-corrected chi connectivity index (χ1v) is 7.77. The largest absolute Gasteiger partial charge is 0.356 e. The molecule has 5 nitrogen and oxygen atoms in total. The van der Waals surface area contributed by atoms with Gasteiger partial charge in [0.1, 0.15) is 0 Å². The molecule has 0 atom stereocenters. The summed E-state index contributed by atoms with van der Waals surface area (Å²) in [5.74, 6) is -0.613. The molecule has 1 aliphatic rings. The van der Waals surface area contributed by atoms with Gasteiger partial charge in [-0.3, -0.25) is 19.3 Å². The number of carbonyl (C=O) groups excluding carboxylic acids is 3. The number of likely N-dealkylation sites (tertiary alicyclic amines) is 1. The second kappa shape index (κ2) is 7.61. The lowest BCUT2D eigenvalue weighted by Gasteiger charge is -2.13. The topological polar surface area (TPSA) is 66.5 Å². The lowest BCUT2D eigenvalue weighted by Crippen LogP contribution is -2.34. The summed E-state index contributed by atoms with van der Waals surface area (Å²) in [6, 6.07) is 5.36. The van der Waals surface area contributed by atoms with E-state index in [0.717, 1.165) is 10.5 Å². The van der Waals surface area contributed by atoms with Crippen LogP contribution in [0.15, 0.2) is 18.2 Å². The first-order chi connectivity index (χ1) is 10.5. The van der Waals surface area contributed by atoms with Gasteiger partial charge in [0.15, 0.2) is 0 Å². The van der Waals surface area contributed by atoms with Gasteiger partial charge in [0.2, 0.25) is 17.7 Å². The van der Waals surface area contributed by atoms with Crippen molar-refractivity contribution in [1.82, 2.24) is 10.2 Å². The Bertz CT molecular complexity index is 588. The molecule has 1 heterocycles. The molecule has 1 aromatic rings. The normalized spacial score (nSPS) is 14.5. The molecule has 0 aromatic heterocycles. The highest BCUT2D eigenvalue weighted by atomic mass is 35.5. The van der Waals surface area contributed by atoms with Crippen molar-refractivity contribution in [2.75, 3.05) is 13.1 Å². The predicted octanol–water partition coefficient (Wildman–Crippen LogP) is 2.19. The molecule has 0 saturated carbocycles. The van der Waals surface area contributed by atoms with E-state index in [-0.39, 0.29) is 43.5 Å². The van der Waals surface area contributed by atoms with Gasteiger partial charge in [-0.15, -0.1) is 0 Å². The van der Waals surface area contributed by atoms with Crippen molar-refractivity contribution in [1.29, 1.82) is 0 Å². The Hall–Kier alpha value is -1.59. The zero-order valence-corrected chi connectivity index (χ0v) is 13.4. The minimum atomic E-state index is -0.205. The standard InChI is InChI=1S/C15H16Cl2N2O3/c16-11-3-1-2-10(15(11)17)6-8-18-12(20)7-9-19-13(21)4-5-14(19)22/h1-3H,4-9H2,(H,18,20). The number of hydrogen-bond donors (Lipinski definition) is 1. The Morgan fingerprint density at radius 1 is 1.18 bits per heavy atom. The molecule has 3 amide bonds. The quantitative estimate of drug-likeness (QED) is 0.806. The van der Waals surface area contributed by atoms with Crippen LogP contribution in [0, 0.1) is 0 Å². The smallest absolute Gasteiger partial charge is 0.229 e. The Kier molecular flexibility index (Phi) is 5.80. The third-order valence-electron chi connectivity index (χ3n) is 3.47. The number of nitrogens with zero attached hydrogens (tertiary/aromatic N) is 1. The number of amides is 3. The number of nitrogens with one attached hydrogen (secondary N) is 1. The molecule has 1 aliphatic heterocycles. The van der Waals surface area contributed by atoms with E-state index in [1.165, 1.54) is 0 Å². The second-order valence-corrected chi connectivity index (χ2v) is 5.79. The lowest BCUT2D eigenvalue weighted by atomic mass is 10.1. The first kappa shape index (κ1) is 16.8. The van der Waals surface area contributed by atoms with Gasteiger partial charge >= 0.3 is 0 Å². The van der Waals surface area contributed by atoms with Crippen molar-refractivity contribution in [2.45, 2.75) is 25.7 Å². The second-order valence-electron chi connectivity index (χ2n) is 5.00. The van der Waals surface area contributed by atoms with E-state index in [1.807, 2.05) is 6.07 Å². The molecule has 1 saturated heterocycles. The van der Waals surface area contributed by atoms with Crippen molar-refractivity contribution in [2.24, 2.45) is 0 Å². The van der Waals surface area contributed by atoms with E-state index >= 15 is 0 Å². The lowest BCUT2D eigenvalue weighted by molar-refractivity contribution is -0.138. The van der Waals surface area contributed by atoms with Crippen molar-refractivity contribution < 1.29 is 14.4 Å². The zero-order valence-electron chi connectivity index (χ0n) is 11.9. The Morgan fingerprint density at radius 2 is 1.86 bits per heavy atom. The maximum Gasteiger partial charge on any atom is 0.229 e. The fourth-order valence-corrected chi connectivity index (χ4v) is 2.67. The van der Waals surface area contributed by atoms with Crippen LogP contribution >= 0.6 is 23.2 Å². The van der Waals surface area contributed by atoms with E-state index < -0.39 is 0 Å². The first-order valence-electron chi connectivity index (χ1n) is 7.02. The Labute approximate surface area is 138 Å². The summed E-state index contributed by atoms with van der Waals surface area (Å²) in [6.45, 7) is 0.558. The monoisotopic (exact) mass is 342 g/mol. The van der Waals surface area contributed by atoms with E-state index in [2.05, 4.69) is 5.32 Å². The fourth-order valence-electron chi connectivity index (χ4n) is 2.25. The molecule has 118 valence electrons. The number of imide groups is 1. The van der Waals surface area contributed by atoms with Crippen LogP contribution in [-0.4, -0.2) is 35.7 Å². The Balaban J connectivity index is 1.73. The highest BCUT2D eigenvalue weighted by Crippen LogP contribution is 2.25. The van der Waals surface area contributed by atoms with Gasteiger partial charge in [-0.25, -0.2) is 0 Å². The molecular weight excluding hydrogens is 327 g/mol. The van der Waals surface area contributed by atoms with Crippen LogP contribution < -0.4 is 5.32 Å². The summed E-state index contributed by atoms with van der Waals surface area (Å²) in [6.07, 6.45) is 1.16. The number of hydrogen-bond acceptors (Lipinski definition) is 3. The van der Waals surface area contributed by atoms with Crippen LogP contribution in [-0.2, 0) is 20.8 Å². The predicted molar refractivity (Wildman–Crippen MR) is 83.7 cm³/mol. The minimum absolute atomic E-state index is 0.112. The molecule has 22 heavy (non-hydrogen) atoms. The molecule has 0 spiro atoms. The maximum absolute atomic E-state index is 11.7. The SMILES string of the molecule is O=C(CCN1C(=O)CCC1=O)NCCc1cccc(Cl)c1Cl. The summed E-state index contributed by atoms with van der Waals surface area (Å²) in [5.41, 5.74) is 0.861. The van der Waals surface area contributed by atoms with E-state index in [9.17, 15) is 14.4 Å². The average molecular weight is 343 g/mol. The van der Waals surface area contributed by atoms with Gasteiger partial charge in [0, 0.05) is 32.4 Å². The van der Waals surface area contributed by atoms with Crippen molar-refractivity contribution in [3.63, 3.8) is 0 Å². The van der Waals surface area contributed by atoms with Gasteiger partial charge in [-0.1, -0.05) is 35.3 Å². The molecular formula is C15H16Cl2N2O3. The van der Waals surface area contributed by atoms with E-state index in [0.29, 0.717) is 23.0 Å². The fraction of sp³-hybridized carbons (Fsp3) is 0.400. The molecule has 1 aromatic carbocycles. The molecule has 0 aliphatic carbocycles. The molecule has 1 fully saturated rings. The van der Waals surface area contributed by atoms with Crippen molar-refractivity contribution >= 4 is 40.9 Å². The maximum atomic E-state index is 11.7. The molecule has 0 radical (unpaired) electrons. The van der Waals surface area contributed by atoms with Gasteiger partial charge in [-0.2, -0.15) is 0 Å². The summed E-state index contributed by atoms with van der Waals surface area (Å²) in [5, 5.41) is 3.72. The van der Waals surface area contributed by atoms with Crippen LogP contribution in [0.1, 0.15) is 24.8 Å². The summed E-state index contributed by atoms with van der Waals surface area (Å²) >= 11 is 12.0. The van der Waals surface area contributed by atoms with Crippen molar-refractivity contribution in [3.8, 4) is 0 Å². The van der Waals surface area contributed by atoms with Crippen LogP contribution in [0.4, 0.5) is 0 Å². The number of carbonyl (C=O) groups is 3. The van der Waals surface area contributed by atoms with Crippen LogP contribution in [0.25, 0.3) is 0 Å². The minimum Gasteiger partial charge on any atom is -0.356 e. The highest BCUT2D eigenvalue weighted by molar-refractivity contribution is 6.42. The van der Waals surface area contributed by atoms with Gasteiger partial charge < -0.3 is 5.32 Å². The van der Waals surface area contributed by atoms with Gasteiger partial charge in [-0.05, 0) is 18.1 Å². The van der Waals surface area contributed by atoms with E-state index in [4.69, 9.17) is 23.2 Å². The Morgan fingerprint density at radius 3 is 2.55 bits per heavy atom. The van der Waals surface area contributed by atoms with Crippen molar-refractivity contribution in [3.05, 3.63) is 33.8 Å². The summed E-state index contributed by atoms with van der Waals surface area (Å²) in [7, 11) is 0. The van der Waals surface area contributed by atoms with Gasteiger partial charge in [0.05, 0.1) is 10.0 Å². The molecule has 0 unspecified atom stereocenters. The van der Waals surface area contributed by atoms with Gasteiger partial charge in [0.25, 0.3) is 0 Å².